The van der Waals surface area contributed by atoms with E-state index in [4.69, 9.17) is 4.98 Å². The summed E-state index contributed by atoms with van der Waals surface area (Å²) in [5.74, 6) is 1.13. The van der Waals surface area contributed by atoms with Gasteiger partial charge in [-0.05, 0) is 43.2 Å². The predicted molar refractivity (Wildman–Crippen MR) is 113 cm³/mol. The molecule has 1 N–H and O–H groups in total. The Labute approximate surface area is 173 Å². The van der Waals surface area contributed by atoms with Crippen LogP contribution in [-0.4, -0.2) is 40.1 Å². The Hall–Kier alpha value is -3.99. The lowest BCUT2D eigenvalue weighted by Gasteiger charge is -2.45. The molecule has 5 rings (SSSR count). The number of nitriles is 1. The predicted octanol–water partition coefficient (Wildman–Crippen LogP) is 3.43. The van der Waals surface area contributed by atoms with Crippen LogP contribution in [0, 0.1) is 11.3 Å². The monoisotopic (exact) mass is 397 g/mol. The van der Waals surface area contributed by atoms with E-state index in [0.717, 1.165) is 37.2 Å². The molecule has 1 fully saturated rings. The molecule has 8 heteroatoms. The van der Waals surface area contributed by atoms with Crippen LogP contribution in [0.5, 0.6) is 0 Å². The topological polar surface area (TPSA) is 98.0 Å². The molecular weight excluding hydrogens is 378 g/mol. The molecule has 1 atom stereocenters. The van der Waals surface area contributed by atoms with Crippen LogP contribution in [0.1, 0.15) is 18.4 Å². The number of nitrogens with zero attached hydrogens (tertiary/aromatic N) is 6. The normalized spacial score (nSPS) is 17.1. The maximum atomic E-state index is 13.2. The molecule has 0 spiro atoms. The van der Waals surface area contributed by atoms with Crippen LogP contribution >= 0.6 is 0 Å². The minimum Gasteiger partial charge on any atom is -0.366 e. The maximum Gasteiger partial charge on any atom is 0.329 e. The molecule has 0 saturated carbocycles. The van der Waals surface area contributed by atoms with Crippen molar-refractivity contribution >= 4 is 23.4 Å². The molecule has 8 nitrogen and oxygen atoms in total. The molecule has 0 aromatic carbocycles. The maximum absolute atomic E-state index is 13.2. The second kappa shape index (κ2) is 7.44. The summed E-state index contributed by atoms with van der Waals surface area (Å²) < 4.78 is 0. The number of anilines is 3. The summed E-state index contributed by atoms with van der Waals surface area (Å²) >= 11 is 0. The molecule has 5 heterocycles. The average Bonchev–Trinajstić information content (AvgIpc) is 2.80. The second-order valence-corrected chi connectivity index (χ2v) is 7.37. The fourth-order valence-corrected chi connectivity index (χ4v) is 4.09. The van der Waals surface area contributed by atoms with Gasteiger partial charge < -0.3 is 4.90 Å². The number of piperidine rings is 1. The van der Waals surface area contributed by atoms with E-state index in [2.05, 4.69) is 26.3 Å². The van der Waals surface area contributed by atoms with Crippen molar-refractivity contribution in [1.29, 1.82) is 5.26 Å². The highest BCUT2D eigenvalue weighted by Gasteiger charge is 2.38. The van der Waals surface area contributed by atoms with Crippen LogP contribution in [0.2, 0.25) is 0 Å². The van der Waals surface area contributed by atoms with Crippen molar-refractivity contribution in [3.05, 3.63) is 60.6 Å². The van der Waals surface area contributed by atoms with Crippen molar-refractivity contribution in [3.8, 4) is 17.3 Å². The molecule has 3 aromatic rings. The minimum absolute atomic E-state index is 0.0429. The van der Waals surface area contributed by atoms with Crippen molar-refractivity contribution in [2.75, 3.05) is 28.2 Å². The summed E-state index contributed by atoms with van der Waals surface area (Å²) in [6.45, 7) is 1.74. The van der Waals surface area contributed by atoms with Crippen molar-refractivity contribution in [2.24, 2.45) is 0 Å². The summed E-state index contributed by atoms with van der Waals surface area (Å²) in [5.41, 5.74) is 2.83. The summed E-state index contributed by atoms with van der Waals surface area (Å²) in [6.07, 6.45) is 6.78. The first-order chi connectivity index (χ1) is 14.7. The lowest BCUT2D eigenvalue weighted by Crippen LogP contribution is -2.56. The number of hydrogen-bond acceptors (Lipinski definition) is 6. The van der Waals surface area contributed by atoms with Crippen molar-refractivity contribution in [1.82, 2.24) is 15.0 Å². The van der Waals surface area contributed by atoms with E-state index in [9.17, 15) is 10.1 Å². The number of pyridine rings is 3. The number of hydrogen-bond donors (Lipinski definition) is 1. The van der Waals surface area contributed by atoms with Gasteiger partial charge >= 0.3 is 6.03 Å². The third kappa shape index (κ3) is 3.20. The van der Waals surface area contributed by atoms with Gasteiger partial charge in [-0.15, -0.1) is 0 Å². The molecule has 2 aliphatic heterocycles. The summed E-state index contributed by atoms with van der Waals surface area (Å²) in [5, 5.41) is 12.1. The fourth-order valence-electron chi connectivity index (χ4n) is 4.09. The zero-order valence-electron chi connectivity index (χ0n) is 16.2. The van der Waals surface area contributed by atoms with E-state index in [-0.39, 0.29) is 12.1 Å². The number of amides is 2. The van der Waals surface area contributed by atoms with Crippen molar-refractivity contribution in [2.45, 2.75) is 18.9 Å². The van der Waals surface area contributed by atoms with Crippen LogP contribution in [0.15, 0.2) is 55.0 Å². The third-order valence-corrected chi connectivity index (χ3v) is 5.47. The SMILES string of the molecule is N#Cc1cncc(-c2ccc3c(n2)N(C(=O)Nc2ccccn2)[C@H]2CCCN3C2)c1. The Morgan fingerprint density at radius 3 is 3.00 bits per heavy atom. The Balaban J connectivity index is 1.56. The lowest BCUT2D eigenvalue weighted by molar-refractivity contribution is 0.252. The molecule has 3 aromatic heterocycles. The van der Waals surface area contributed by atoms with Gasteiger partial charge in [0.2, 0.25) is 0 Å². The molecule has 2 amide bonds. The molecule has 2 aliphatic rings. The highest BCUT2D eigenvalue weighted by Crippen LogP contribution is 2.39. The number of aromatic nitrogens is 3. The summed E-state index contributed by atoms with van der Waals surface area (Å²) in [6, 6.07) is 13.0. The van der Waals surface area contributed by atoms with E-state index in [1.54, 1.807) is 29.4 Å². The first-order valence-corrected chi connectivity index (χ1v) is 9.86. The van der Waals surface area contributed by atoms with Crippen LogP contribution in [0.4, 0.5) is 22.1 Å². The fraction of sp³-hybridized carbons (Fsp3) is 0.227. The van der Waals surface area contributed by atoms with E-state index in [1.807, 2.05) is 24.3 Å². The van der Waals surface area contributed by atoms with Gasteiger partial charge in [0.1, 0.15) is 11.9 Å². The molecule has 0 aliphatic carbocycles. The zero-order chi connectivity index (χ0) is 20.5. The van der Waals surface area contributed by atoms with Crippen LogP contribution in [-0.2, 0) is 0 Å². The van der Waals surface area contributed by atoms with Gasteiger partial charge in [-0.2, -0.15) is 5.26 Å². The lowest BCUT2D eigenvalue weighted by atomic mass is 9.99. The summed E-state index contributed by atoms with van der Waals surface area (Å²) in [7, 11) is 0. The minimum atomic E-state index is -0.241. The number of carbonyl (C=O) groups excluding carboxylic acids is 1. The molecule has 2 bridgehead atoms. The van der Waals surface area contributed by atoms with Gasteiger partial charge in [0.25, 0.3) is 0 Å². The Kier molecular flexibility index (Phi) is 4.48. The van der Waals surface area contributed by atoms with Crippen LogP contribution in [0.25, 0.3) is 11.3 Å². The second-order valence-electron chi connectivity index (χ2n) is 7.37. The van der Waals surface area contributed by atoms with Crippen LogP contribution < -0.4 is 15.1 Å². The van der Waals surface area contributed by atoms with E-state index in [1.165, 1.54) is 6.20 Å². The quantitative estimate of drug-likeness (QED) is 0.711. The standard InChI is InChI=1S/C22H19N7O/c23-11-15-10-16(13-24-12-15)18-6-7-19-21(26-18)29(17-4-3-9-28(19)14-17)22(30)27-20-5-1-2-8-25-20/h1-2,5-8,10,12-13,17H,3-4,9,14H2,(H,25,27,30)/t17-/m0/s1. The van der Waals surface area contributed by atoms with E-state index in [0.29, 0.717) is 22.9 Å². The molecule has 0 unspecified atom stereocenters. The first kappa shape index (κ1) is 18.1. The number of carbonyl (C=O) groups is 1. The third-order valence-electron chi connectivity index (χ3n) is 5.47. The number of nitrogens with one attached hydrogen (secondary N) is 1. The van der Waals surface area contributed by atoms with Gasteiger partial charge in [0.05, 0.1) is 23.0 Å². The number of rotatable bonds is 2. The van der Waals surface area contributed by atoms with Crippen molar-refractivity contribution in [3.63, 3.8) is 0 Å². The van der Waals surface area contributed by atoms with Gasteiger partial charge in [0.15, 0.2) is 5.82 Å². The number of fused-ring (bicyclic) bond motifs is 4. The Morgan fingerprint density at radius 2 is 2.17 bits per heavy atom. The van der Waals surface area contributed by atoms with E-state index < -0.39 is 0 Å². The average molecular weight is 397 g/mol. The molecular formula is C22H19N7O. The van der Waals surface area contributed by atoms with E-state index >= 15 is 0 Å². The smallest absolute Gasteiger partial charge is 0.329 e. The first-order valence-electron chi connectivity index (χ1n) is 9.86. The zero-order valence-corrected chi connectivity index (χ0v) is 16.2. The molecule has 0 radical (unpaired) electrons. The van der Waals surface area contributed by atoms with Crippen LogP contribution in [0.3, 0.4) is 0 Å². The molecule has 148 valence electrons. The Morgan fingerprint density at radius 1 is 1.23 bits per heavy atom. The highest BCUT2D eigenvalue weighted by atomic mass is 16.2. The molecule has 1 saturated heterocycles. The summed E-state index contributed by atoms with van der Waals surface area (Å²) in [4.78, 5) is 30.5. The highest BCUT2D eigenvalue weighted by molar-refractivity contribution is 6.04. The number of urea groups is 1. The Bertz CT molecular complexity index is 1140. The van der Waals surface area contributed by atoms with Gasteiger partial charge in [-0.1, -0.05) is 6.07 Å². The van der Waals surface area contributed by atoms with Crippen molar-refractivity contribution < 1.29 is 4.79 Å². The molecule has 30 heavy (non-hydrogen) atoms. The largest absolute Gasteiger partial charge is 0.366 e. The van der Waals surface area contributed by atoms with Gasteiger partial charge in [-0.25, -0.2) is 14.8 Å². The van der Waals surface area contributed by atoms with Gasteiger partial charge in [0, 0.05) is 37.2 Å². The van der Waals surface area contributed by atoms with Gasteiger partial charge in [-0.3, -0.25) is 15.2 Å².